The van der Waals surface area contributed by atoms with Crippen LogP contribution in [0.2, 0.25) is 10.0 Å². The number of carbonyl (C=O) groups is 1. The van der Waals surface area contributed by atoms with Crippen LogP contribution in [0.4, 0.5) is 5.69 Å². The molecular formula is C27H27BrCl2N2O3S. The SMILES string of the molecule is CCN(c1ccccc1)S(=O)(=O)c1cc(C(=O)N2CCCCC2Cc2ccccc2Br)c(Cl)cc1Cl. The molecule has 0 aromatic heterocycles. The summed E-state index contributed by atoms with van der Waals surface area (Å²) in [7, 11) is -4.04. The second-order valence-corrected chi connectivity index (χ2v) is 12.2. The van der Waals surface area contributed by atoms with Gasteiger partial charge in [-0.2, -0.15) is 0 Å². The molecule has 190 valence electrons. The summed E-state index contributed by atoms with van der Waals surface area (Å²) in [6.07, 6.45) is 3.46. The smallest absolute Gasteiger partial charge is 0.265 e. The van der Waals surface area contributed by atoms with Crippen molar-refractivity contribution in [2.45, 2.75) is 43.5 Å². The lowest BCUT2D eigenvalue weighted by molar-refractivity contribution is 0.0613. The molecule has 5 nitrogen and oxygen atoms in total. The molecule has 1 atom stereocenters. The van der Waals surface area contributed by atoms with Crippen LogP contribution in [-0.4, -0.2) is 38.4 Å². The van der Waals surface area contributed by atoms with Gasteiger partial charge in [-0.25, -0.2) is 8.42 Å². The summed E-state index contributed by atoms with van der Waals surface area (Å²) in [5, 5.41) is 0.117. The van der Waals surface area contributed by atoms with Gasteiger partial charge in [0.2, 0.25) is 0 Å². The quantitative estimate of drug-likeness (QED) is 0.284. The molecule has 0 N–H and O–H groups in total. The summed E-state index contributed by atoms with van der Waals surface area (Å²) >= 11 is 16.5. The van der Waals surface area contributed by atoms with E-state index in [1.165, 1.54) is 16.4 Å². The first-order valence-corrected chi connectivity index (χ1v) is 14.8. The van der Waals surface area contributed by atoms with Crippen LogP contribution in [0.3, 0.4) is 0 Å². The molecule has 9 heteroatoms. The second-order valence-electron chi connectivity index (χ2n) is 8.71. The van der Waals surface area contributed by atoms with Crippen LogP contribution < -0.4 is 4.31 Å². The lowest BCUT2D eigenvalue weighted by atomic mass is 9.95. The maximum Gasteiger partial charge on any atom is 0.265 e. The fourth-order valence-corrected chi connectivity index (χ4v) is 7.40. The van der Waals surface area contributed by atoms with Crippen molar-refractivity contribution in [2.24, 2.45) is 0 Å². The number of amides is 1. The number of piperidine rings is 1. The molecule has 1 aliphatic rings. The molecule has 1 heterocycles. The van der Waals surface area contributed by atoms with Gasteiger partial charge >= 0.3 is 0 Å². The number of benzene rings is 3. The Labute approximate surface area is 231 Å². The van der Waals surface area contributed by atoms with E-state index in [0.717, 1.165) is 29.3 Å². The molecule has 0 aliphatic carbocycles. The van der Waals surface area contributed by atoms with Crippen molar-refractivity contribution in [3.63, 3.8) is 0 Å². The molecule has 36 heavy (non-hydrogen) atoms. The Morgan fingerprint density at radius 1 is 1.03 bits per heavy atom. The van der Waals surface area contributed by atoms with E-state index in [1.807, 2.05) is 35.2 Å². The van der Waals surface area contributed by atoms with Gasteiger partial charge in [0.05, 0.1) is 21.3 Å². The Morgan fingerprint density at radius 2 is 1.72 bits per heavy atom. The first-order chi connectivity index (χ1) is 17.2. The van der Waals surface area contributed by atoms with Crippen LogP contribution >= 0.6 is 39.1 Å². The number of anilines is 1. The van der Waals surface area contributed by atoms with Crippen molar-refractivity contribution in [3.05, 3.63) is 92.4 Å². The number of likely N-dealkylation sites (tertiary alicyclic amines) is 1. The number of hydrogen-bond acceptors (Lipinski definition) is 3. The van der Waals surface area contributed by atoms with E-state index in [9.17, 15) is 13.2 Å². The highest BCUT2D eigenvalue weighted by Gasteiger charge is 2.32. The normalized spacial score (nSPS) is 16.1. The molecule has 0 saturated carbocycles. The van der Waals surface area contributed by atoms with E-state index in [1.54, 1.807) is 31.2 Å². The molecule has 0 spiro atoms. The van der Waals surface area contributed by atoms with Gasteiger partial charge in [0.1, 0.15) is 4.90 Å². The molecule has 1 amide bonds. The highest BCUT2D eigenvalue weighted by Crippen LogP contribution is 2.34. The zero-order valence-corrected chi connectivity index (χ0v) is 23.7. The van der Waals surface area contributed by atoms with Crippen molar-refractivity contribution < 1.29 is 13.2 Å². The van der Waals surface area contributed by atoms with Gasteiger partial charge in [0.15, 0.2) is 0 Å². The monoisotopic (exact) mass is 608 g/mol. The number of hydrogen-bond donors (Lipinski definition) is 0. The number of rotatable bonds is 7. The summed E-state index contributed by atoms with van der Waals surface area (Å²) in [6.45, 7) is 2.54. The van der Waals surface area contributed by atoms with E-state index in [0.29, 0.717) is 18.7 Å². The Kier molecular flexibility index (Phi) is 8.66. The van der Waals surface area contributed by atoms with E-state index >= 15 is 0 Å². The maximum atomic E-state index is 13.8. The van der Waals surface area contributed by atoms with Gasteiger partial charge in [-0.15, -0.1) is 0 Å². The van der Waals surface area contributed by atoms with Crippen molar-refractivity contribution in [1.29, 1.82) is 0 Å². The number of carbonyl (C=O) groups excluding carboxylic acids is 1. The lowest BCUT2D eigenvalue weighted by Crippen LogP contribution is -2.45. The fourth-order valence-electron chi connectivity index (χ4n) is 4.65. The third kappa shape index (κ3) is 5.59. The minimum atomic E-state index is -4.04. The largest absolute Gasteiger partial charge is 0.335 e. The lowest BCUT2D eigenvalue weighted by Gasteiger charge is -2.36. The minimum Gasteiger partial charge on any atom is -0.335 e. The fraction of sp³-hybridized carbons (Fsp3) is 0.296. The van der Waals surface area contributed by atoms with Crippen LogP contribution in [0, 0.1) is 0 Å². The van der Waals surface area contributed by atoms with Crippen LogP contribution in [0.25, 0.3) is 0 Å². The molecule has 3 aromatic rings. The van der Waals surface area contributed by atoms with Gasteiger partial charge in [-0.3, -0.25) is 9.10 Å². The van der Waals surface area contributed by atoms with E-state index in [4.69, 9.17) is 23.2 Å². The van der Waals surface area contributed by atoms with Gasteiger partial charge < -0.3 is 4.90 Å². The van der Waals surface area contributed by atoms with Gasteiger partial charge in [-0.05, 0) is 68.5 Å². The van der Waals surface area contributed by atoms with Gasteiger partial charge in [0.25, 0.3) is 15.9 Å². The summed E-state index contributed by atoms with van der Waals surface area (Å²) in [4.78, 5) is 15.5. The molecule has 1 unspecified atom stereocenters. The Hall–Kier alpha value is -2.06. The number of halogens is 3. The second kappa shape index (κ2) is 11.5. The maximum absolute atomic E-state index is 13.8. The van der Waals surface area contributed by atoms with Crippen LogP contribution in [0.5, 0.6) is 0 Å². The third-order valence-electron chi connectivity index (χ3n) is 6.45. The number of sulfonamides is 1. The number of para-hydroxylation sites is 1. The highest BCUT2D eigenvalue weighted by molar-refractivity contribution is 9.10. The minimum absolute atomic E-state index is 0.0191. The average molecular weight is 610 g/mol. The summed E-state index contributed by atoms with van der Waals surface area (Å²) in [6, 6.07) is 19.4. The van der Waals surface area contributed by atoms with E-state index in [2.05, 4.69) is 15.9 Å². The molecule has 0 bridgehead atoms. The van der Waals surface area contributed by atoms with Gasteiger partial charge in [0, 0.05) is 23.6 Å². The molecule has 4 rings (SSSR count). The molecule has 1 aliphatic heterocycles. The molecule has 1 fully saturated rings. The Balaban J connectivity index is 1.70. The summed E-state index contributed by atoms with van der Waals surface area (Å²) in [5.74, 6) is -0.285. The molecule has 1 saturated heterocycles. The predicted octanol–water partition coefficient (Wildman–Crippen LogP) is 7.21. The van der Waals surface area contributed by atoms with Crippen molar-refractivity contribution >= 4 is 60.7 Å². The Morgan fingerprint density at radius 3 is 2.42 bits per heavy atom. The standard InChI is InChI=1S/C27H27BrCl2N2O3S/c1-2-32(20-11-4-3-5-12-20)36(34,35)26-17-22(24(29)18-25(26)30)27(33)31-15-9-8-13-21(31)16-19-10-6-7-14-23(19)28/h3-7,10-12,14,17-18,21H,2,8-9,13,15-16H2,1H3. The summed E-state index contributed by atoms with van der Waals surface area (Å²) < 4.78 is 29.6. The van der Waals surface area contributed by atoms with Gasteiger partial charge in [-0.1, -0.05) is 75.5 Å². The average Bonchev–Trinajstić information content (AvgIpc) is 2.86. The molecule has 0 radical (unpaired) electrons. The summed E-state index contributed by atoms with van der Waals surface area (Å²) in [5.41, 5.74) is 1.78. The molecule has 3 aromatic carbocycles. The first-order valence-electron chi connectivity index (χ1n) is 11.8. The van der Waals surface area contributed by atoms with E-state index < -0.39 is 10.0 Å². The van der Waals surface area contributed by atoms with Crippen molar-refractivity contribution in [1.82, 2.24) is 4.90 Å². The van der Waals surface area contributed by atoms with E-state index in [-0.39, 0.29) is 39.0 Å². The van der Waals surface area contributed by atoms with Crippen molar-refractivity contribution in [3.8, 4) is 0 Å². The van der Waals surface area contributed by atoms with Crippen LogP contribution in [-0.2, 0) is 16.4 Å². The van der Waals surface area contributed by atoms with Crippen LogP contribution in [0.15, 0.2) is 76.1 Å². The molecular weight excluding hydrogens is 583 g/mol. The van der Waals surface area contributed by atoms with Crippen LogP contribution in [0.1, 0.15) is 42.1 Å². The topological polar surface area (TPSA) is 57.7 Å². The first kappa shape index (κ1) is 27.0. The zero-order valence-electron chi connectivity index (χ0n) is 19.8. The van der Waals surface area contributed by atoms with Crippen molar-refractivity contribution in [2.75, 3.05) is 17.4 Å². The number of nitrogens with zero attached hydrogens (tertiary/aromatic N) is 2. The third-order valence-corrected chi connectivity index (χ3v) is 9.91. The highest BCUT2D eigenvalue weighted by atomic mass is 79.9. The predicted molar refractivity (Wildman–Crippen MR) is 150 cm³/mol. The Bertz CT molecular complexity index is 1350. The zero-order chi connectivity index (χ0) is 25.9.